The van der Waals surface area contributed by atoms with E-state index in [1.165, 1.54) is 0 Å². The van der Waals surface area contributed by atoms with Crippen molar-refractivity contribution in [3.63, 3.8) is 0 Å². The predicted molar refractivity (Wildman–Crippen MR) is 65.8 cm³/mol. The Morgan fingerprint density at radius 3 is 2.53 bits per heavy atom. The zero-order valence-corrected chi connectivity index (χ0v) is 10.7. The molecular weight excluding hydrogens is 220 g/mol. The first kappa shape index (κ1) is 14.4. The van der Waals surface area contributed by atoms with Crippen molar-refractivity contribution in [3.8, 4) is 0 Å². The van der Waals surface area contributed by atoms with Crippen LogP contribution in [0.25, 0.3) is 0 Å². The number of carbonyl (C=O) groups excluding carboxylic acids is 1. The van der Waals surface area contributed by atoms with Crippen molar-refractivity contribution in [1.29, 1.82) is 0 Å². The zero-order valence-electron chi connectivity index (χ0n) is 10.7. The van der Waals surface area contributed by atoms with Crippen molar-refractivity contribution in [1.82, 2.24) is 15.2 Å². The number of hydrazine groups is 1. The van der Waals surface area contributed by atoms with Crippen LogP contribution in [0.3, 0.4) is 0 Å². The van der Waals surface area contributed by atoms with Gasteiger partial charge in [0.1, 0.15) is 6.73 Å². The average Bonchev–Trinajstić information content (AvgIpc) is 2.35. The highest BCUT2D eigenvalue weighted by Gasteiger charge is 2.29. The molecule has 100 valence electrons. The number of nitrogens with one attached hydrogen (secondary N) is 1. The van der Waals surface area contributed by atoms with Crippen LogP contribution in [0.4, 0.5) is 0 Å². The van der Waals surface area contributed by atoms with Gasteiger partial charge in [-0.2, -0.15) is 0 Å². The SMILES string of the molecule is CC(C)CC(C(=O)N(N)CO)N1CCNCC1. The second kappa shape index (κ2) is 6.90. The van der Waals surface area contributed by atoms with Gasteiger partial charge in [0, 0.05) is 26.2 Å². The van der Waals surface area contributed by atoms with Gasteiger partial charge >= 0.3 is 0 Å². The van der Waals surface area contributed by atoms with E-state index in [-0.39, 0.29) is 11.9 Å². The Bertz CT molecular complexity index is 242. The Kier molecular flexibility index (Phi) is 5.84. The quantitative estimate of drug-likeness (QED) is 0.249. The summed E-state index contributed by atoms with van der Waals surface area (Å²) in [6, 6.07) is -0.214. The van der Waals surface area contributed by atoms with Crippen molar-refractivity contribution >= 4 is 5.91 Å². The Morgan fingerprint density at radius 1 is 1.47 bits per heavy atom. The second-order valence-electron chi connectivity index (χ2n) is 4.88. The molecule has 6 heteroatoms. The first-order valence-corrected chi connectivity index (χ1v) is 6.18. The number of aliphatic hydroxyl groups excluding tert-OH is 1. The third-order valence-corrected chi connectivity index (χ3v) is 3.01. The molecule has 1 unspecified atom stereocenters. The number of nitrogens with two attached hydrogens (primary N) is 1. The highest BCUT2D eigenvalue weighted by Crippen LogP contribution is 2.14. The molecule has 1 heterocycles. The molecule has 0 aromatic heterocycles. The molecule has 1 aliphatic rings. The molecule has 1 amide bonds. The van der Waals surface area contributed by atoms with Gasteiger partial charge in [0.15, 0.2) is 0 Å². The summed E-state index contributed by atoms with van der Waals surface area (Å²) >= 11 is 0. The van der Waals surface area contributed by atoms with Gasteiger partial charge in [0.05, 0.1) is 6.04 Å². The lowest BCUT2D eigenvalue weighted by Gasteiger charge is -2.36. The smallest absolute Gasteiger partial charge is 0.255 e. The van der Waals surface area contributed by atoms with Gasteiger partial charge in [-0.3, -0.25) is 14.7 Å². The first-order valence-electron chi connectivity index (χ1n) is 6.18. The molecule has 1 rings (SSSR count). The van der Waals surface area contributed by atoms with Crippen LogP contribution in [-0.2, 0) is 4.79 Å². The molecule has 1 fully saturated rings. The lowest BCUT2D eigenvalue weighted by atomic mass is 10.0. The van der Waals surface area contributed by atoms with Gasteiger partial charge in [0.25, 0.3) is 5.91 Å². The minimum atomic E-state index is -0.431. The summed E-state index contributed by atoms with van der Waals surface area (Å²) in [5, 5.41) is 13.1. The molecule has 1 atom stereocenters. The van der Waals surface area contributed by atoms with E-state index >= 15 is 0 Å². The Balaban J connectivity index is 2.67. The third-order valence-electron chi connectivity index (χ3n) is 3.01. The summed E-state index contributed by atoms with van der Waals surface area (Å²) in [6.07, 6.45) is 0.770. The van der Waals surface area contributed by atoms with Crippen LogP contribution in [-0.4, -0.2) is 59.9 Å². The molecule has 0 aliphatic carbocycles. The van der Waals surface area contributed by atoms with Crippen LogP contribution >= 0.6 is 0 Å². The van der Waals surface area contributed by atoms with Gasteiger partial charge in [0.2, 0.25) is 0 Å². The van der Waals surface area contributed by atoms with Crippen molar-refractivity contribution in [3.05, 3.63) is 0 Å². The Morgan fingerprint density at radius 2 is 2.06 bits per heavy atom. The van der Waals surface area contributed by atoms with E-state index in [9.17, 15) is 4.79 Å². The molecule has 0 bridgehead atoms. The van der Waals surface area contributed by atoms with Crippen molar-refractivity contribution in [2.75, 3.05) is 32.9 Å². The van der Waals surface area contributed by atoms with Crippen LogP contribution in [0.5, 0.6) is 0 Å². The molecule has 4 N–H and O–H groups in total. The highest BCUT2D eigenvalue weighted by molar-refractivity contribution is 5.81. The van der Waals surface area contributed by atoms with Gasteiger partial charge < -0.3 is 10.4 Å². The van der Waals surface area contributed by atoms with E-state index in [1.807, 2.05) is 0 Å². The lowest BCUT2D eigenvalue weighted by Crippen LogP contribution is -2.56. The van der Waals surface area contributed by atoms with Crippen molar-refractivity contribution in [2.24, 2.45) is 11.8 Å². The number of amides is 1. The molecule has 1 aliphatic heterocycles. The highest BCUT2D eigenvalue weighted by atomic mass is 16.3. The predicted octanol–water partition coefficient (Wildman–Crippen LogP) is -1.04. The van der Waals surface area contributed by atoms with Gasteiger partial charge in [-0.15, -0.1) is 0 Å². The summed E-state index contributed by atoms with van der Waals surface area (Å²) in [6.45, 7) is 7.23. The Hall–Kier alpha value is -0.690. The van der Waals surface area contributed by atoms with Crippen molar-refractivity contribution in [2.45, 2.75) is 26.3 Å². The minimum Gasteiger partial charge on any atom is -0.375 e. The molecule has 0 spiro atoms. The normalized spacial score (nSPS) is 19.4. The van der Waals surface area contributed by atoms with E-state index in [0.29, 0.717) is 5.92 Å². The van der Waals surface area contributed by atoms with E-state index in [1.54, 1.807) is 0 Å². The maximum atomic E-state index is 12.1. The largest absolute Gasteiger partial charge is 0.375 e. The fraction of sp³-hybridized carbons (Fsp3) is 0.909. The second-order valence-corrected chi connectivity index (χ2v) is 4.88. The van der Waals surface area contributed by atoms with E-state index in [4.69, 9.17) is 10.9 Å². The number of rotatable bonds is 5. The molecule has 1 saturated heterocycles. The summed E-state index contributed by atoms with van der Waals surface area (Å²) in [7, 11) is 0. The number of nitrogens with zero attached hydrogens (tertiary/aromatic N) is 2. The zero-order chi connectivity index (χ0) is 12.8. The topological polar surface area (TPSA) is 81.8 Å². The number of carbonyl (C=O) groups is 1. The fourth-order valence-electron chi connectivity index (χ4n) is 2.11. The molecule has 0 aromatic rings. The van der Waals surface area contributed by atoms with Crippen LogP contribution in [0, 0.1) is 5.92 Å². The first-order chi connectivity index (χ1) is 8.06. The summed E-state index contributed by atoms with van der Waals surface area (Å²) in [5.41, 5.74) is 0. The standard InChI is InChI=1S/C11H24N4O2/c1-9(2)7-10(11(17)15(12)8-16)14-5-3-13-4-6-14/h9-10,13,16H,3-8,12H2,1-2H3. The molecule has 0 radical (unpaired) electrons. The number of hydrogen-bond acceptors (Lipinski definition) is 5. The van der Waals surface area contributed by atoms with Crippen molar-refractivity contribution < 1.29 is 9.90 Å². The maximum absolute atomic E-state index is 12.1. The monoisotopic (exact) mass is 244 g/mol. The van der Waals surface area contributed by atoms with E-state index < -0.39 is 6.73 Å². The van der Waals surface area contributed by atoms with Crippen LogP contribution in [0.2, 0.25) is 0 Å². The number of piperazine rings is 1. The van der Waals surface area contributed by atoms with Gasteiger partial charge in [-0.25, -0.2) is 5.84 Å². The summed E-state index contributed by atoms with van der Waals surface area (Å²) in [4.78, 5) is 14.2. The summed E-state index contributed by atoms with van der Waals surface area (Å²) in [5.74, 6) is 5.72. The lowest BCUT2D eigenvalue weighted by molar-refractivity contribution is -0.142. The molecule has 0 saturated carbocycles. The molecule has 0 aromatic carbocycles. The summed E-state index contributed by atoms with van der Waals surface area (Å²) < 4.78 is 0. The van der Waals surface area contributed by atoms with Crippen LogP contribution in [0.15, 0.2) is 0 Å². The van der Waals surface area contributed by atoms with Crippen LogP contribution < -0.4 is 11.2 Å². The average molecular weight is 244 g/mol. The maximum Gasteiger partial charge on any atom is 0.255 e. The van der Waals surface area contributed by atoms with Crippen LogP contribution in [0.1, 0.15) is 20.3 Å². The van der Waals surface area contributed by atoms with E-state index in [0.717, 1.165) is 37.6 Å². The number of hydrogen-bond donors (Lipinski definition) is 3. The van der Waals surface area contributed by atoms with E-state index in [2.05, 4.69) is 24.1 Å². The molecule has 17 heavy (non-hydrogen) atoms. The van der Waals surface area contributed by atoms with Gasteiger partial charge in [-0.1, -0.05) is 13.8 Å². The minimum absolute atomic E-state index is 0.192. The third kappa shape index (κ3) is 4.23. The van der Waals surface area contributed by atoms with Gasteiger partial charge in [-0.05, 0) is 12.3 Å². The number of aliphatic hydroxyl groups is 1. The Labute approximate surface area is 103 Å². The molecule has 6 nitrogen and oxygen atoms in total. The molecular formula is C11H24N4O2. The fourth-order valence-corrected chi connectivity index (χ4v) is 2.11.